The van der Waals surface area contributed by atoms with Gasteiger partial charge in [-0.05, 0) is 32.9 Å². The Kier molecular flexibility index (Phi) is 4.95. The van der Waals surface area contributed by atoms with Crippen molar-refractivity contribution in [3.8, 4) is 0 Å². The first-order chi connectivity index (χ1) is 7.81. The fourth-order valence-corrected chi connectivity index (χ4v) is 3.07. The van der Waals surface area contributed by atoms with Crippen LogP contribution in [0.4, 0.5) is 0 Å². The average molecular weight is 244 g/mol. The first-order valence-corrected chi connectivity index (χ1v) is 7.07. The van der Waals surface area contributed by atoms with E-state index in [1.54, 1.807) is 0 Å². The number of fused-ring (bicyclic) bond motifs is 2. The third-order valence-corrected chi connectivity index (χ3v) is 4.20. The van der Waals surface area contributed by atoms with Gasteiger partial charge >= 0.3 is 0 Å². The summed E-state index contributed by atoms with van der Waals surface area (Å²) >= 11 is 4.14. The van der Waals surface area contributed by atoms with Gasteiger partial charge in [-0.25, -0.2) is 0 Å². The molecule has 0 amide bonds. The Morgan fingerprint density at radius 3 is 2.81 bits per heavy atom. The first-order valence-electron chi connectivity index (χ1n) is 6.44. The second-order valence-electron chi connectivity index (χ2n) is 4.98. The number of likely N-dealkylation sites (tertiary alicyclic amines) is 1. The van der Waals surface area contributed by atoms with E-state index in [-0.39, 0.29) is 0 Å². The lowest BCUT2D eigenvalue weighted by molar-refractivity contribution is 0.111. The highest BCUT2D eigenvalue weighted by atomic mass is 32.1. The molecular formula is C12H24N2OS. The third-order valence-electron chi connectivity index (χ3n) is 4.02. The summed E-state index contributed by atoms with van der Waals surface area (Å²) in [6, 6.07) is 1.63. The Balaban J connectivity index is 1.71. The van der Waals surface area contributed by atoms with Crippen molar-refractivity contribution in [2.75, 3.05) is 45.6 Å². The number of nitrogens with zero attached hydrogens (tertiary/aromatic N) is 2. The Morgan fingerprint density at radius 2 is 2.00 bits per heavy atom. The lowest BCUT2D eigenvalue weighted by Gasteiger charge is -2.25. The second kappa shape index (κ2) is 6.24. The van der Waals surface area contributed by atoms with Gasteiger partial charge in [-0.3, -0.25) is 9.80 Å². The molecule has 16 heavy (non-hydrogen) atoms. The van der Waals surface area contributed by atoms with E-state index in [4.69, 9.17) is 4.74 Å². The molecule has 0 aromatic heterocycles. The van der Waals surface area contributed by atoms with Crippen LogP contribution >= 0.6 is 12.6 Å². The lowest BCUT2D eigenvalue weighted by atomic mass is 10.1. The van der Waals surface area contributed by atoms with E-state index in [0.717, 1.165) is 37.6 Å². The highest BCUT2D eigenvalue weighted by Crippen LogP contribution is 2.28. The zero-order chi connectivity index (χ0) is 11.4. The Morgan fingerprint density at radius 1 is 1.19 bits per heavy atom. The molecule has 94 valence electrons. The van der Waals surface area contributed by atoms with Crippen LogP contribution in [0.2, 0.25) is 0 Å². The smallest absolute Gasteiger partial charge is 0.0593 e. The summed E-state index contributed by atoms with van der Waals surface area (Å²) in [6.07, 6.45) is 4.12. The summed E-state index contributed by atoms with van der Waals surface area (Å²) in [7, 11) is 2.29. The van der Waals surface area contributed by atoms with Crippen molar-refractivity contribution in [3.63, 3.8) is 0 Å². The van der Waals surface area contributed by atoms with Gasteiger partial charge in [-0.15, -0.1) is 0 Å². The van der Waals surface area contributed by atoms with E-state index in [1.165, 1.54) is 32.4 Å². The summed E-state index contributed by atoms with van der Waals surface area (Å²) in [5, 5.41) is 0. The van der Waals surface area contributed by atoms with Crippen LogP contribution in [0.25, 0.3) is 0 Å². The molecule has 0 N–H and O–H groups in total. The molecule has 0 saturated carbocycles. The van der Waals surface area contributed by atoms with Gasteiger partial charge in [0.25, 0.3) is 0 Å². The van der Waals surface area contributed by atoms with E-state index in [9.17, 15) is 0 Å². The van der Waals surface area contributed by atoms with Gasteiger partial charge in [0, 0.05) is 30.9 Å². The molecule has 4 heteroatoms. The number of ether oxygens (including phenoxy) is 1. The van der Waals surface area contributed by atoms with Crippen molar-refractivity contribution < 1.29 is 4.74 Å². The summed E-state index contributed by atoms with van der Waals surface area (Å²) in [5.41, 5.74) is 0. The highest BCUT2D eigenvalue weighted by molar-refractivity contribution is 7.80. The molecule has 2 bridgehead atoms. The third kappa shape index (κ3) is 3.13. The number of rotatable bonds is 5. The fourth-order valence-electron chi connectivity index (χ4n) is 2.94. The summed E-state index contributed by atoms with van der Waals surface area (Å²) in [6.45, 7) is 5.21. The minimum atomic E-state index is 0.781. The Labute approximate surface area is 105 Å². The van der Waals surface area contributed by atoms with Gasteiger partial charge in [0.2, 0.25) is 0 Å². The fraction of sp³-hybridized carbons (Fsp3) is 1.00. The summed E-state index contributed by atoms with van der Waals surface area (Å²) in [5.74, 6) is 0.827. The van der Waals surface area contributed by atoms with Crippen LogP contribution in [0.1, 0.15) is 19.3 Å². The molecule has 0 spiro atoms. The molecule has 2 saturated heterocycles. The van der Waals surface area contributed by atoms with Crippen LogP contribution in [-0.2, 0) is 4.74 Å². The van der Waals surface area contributed by atoms with Crippen molar-refractivity contribution in [1.82, 2.24) is 9.80 Å². The molecule has 0 aromatic carbocycles. The van der Waals surface area contributed by atoms with Gasteiger partial charge in [-0.2, -0.15) is 12.6 Å². The number of hydrogen-bond acceptors (Lipinski definition) is 4. The average Bonchev–Trinajstić information content (AvgIpc) is 2.51. The molecule has 0 aromatic rings. The predicted octanol–water partition coefficient (Wildman–Crippen LogP) is 1.10. The molecule has 3 nitrogen and oxygen atoms in total. The van der Waals surface area contributed by atoms with Gasteiger partial charge in [0.05, 0.1) is 13.2 Å². The summed E-state index contributed by atoms with van der Waals surface area (Å²) < 4.78 is 5.50. The van der Waals surface area contributed by atoms with Crippen LogP contribution in [0.5, 0.6) is 0 Å². The van der Waals surface area contributed by atoms with Crippen LogP contribution in [0, 0.1) is 0 Å². The van der Waals surface area contributed by atoms with Crippen LogP contribution < -0.4 is 0 Å². The van der Waals surface area contributed by atoms with Crippen LogP contribution in [0.15, 0.2) is 0 Å². The maximum atomic E-state index is 5.50. The second-order valence-corrected chi connectivity index (χ2v) is 5.42. The number of likely N-dealkylation sites (N-methyl/N-ethyl adjacent to an activating group) is 1. The van der Waals surface area contributed by atoms with Crippen LogP contribution in [-0.4, -0.2) is 67.5 Å². The molecule has 2 aliphatic heterocycles. The normalized spacial score (nSPS) is 31.9. The molecule has 2 fully saturated rings. The lowest BCUT2D eigenvalue weighted by Crippen LogP contribution is -2.38. The van der Waals surface area contributed by atoms with Crippen molar-refractivity contribution in [2.24, 2.45) is 0 Å². The van der Waals surface area contributed by atoms with Gasteiger partial charge in [0.1, 0.15) is 0 Å². The van der Waals surface area contributed by atoms with Crippen LogP contribution in [0.3, 0.4) is 0 Å². The van der Waals surface area contributed by atoms with Crippen molar-refractivity contribution in [2.45, 2.75) is 31.3 Å². The summed E-state index contributed by atoms with van der Waals surface area (Å²) in [4.78, 5) is 5.16. The molecule has 2 unspecified atom stereocenters. The Hall–Kier alpha value is 0.230. The predicted molar refractivity (Wildman–Crippen MR) is 70.3 cm³/mol. The largest absolute Gasteiger partial charge is 0.379 e. The first kappa shape index (κ1) is 12.7. The molecule has 2 atom stereocenters. The van der Waals surface area contributed by atoms with Gasteiger partial charge in [0.15, 0.2) is 0 Å². The minimum Gasteiger partial charge on any atom is -0.379 e. The molecule has 0 aliphatic carbocycles. The zero-order valence-corrected chi connectivity index (χ0v) is 11.2. The maximum Gasteiger partial charge on any atom is 0.0593 e. The molecule has 2 rings (SSSR count). The molecular weight excluding hydrogens is 220 g/mol. The van der Waals surface area contributed by atoms with E-state index in [1.807, 2.05) is 0 Å². The van der Waals surface area contributed by atoms with E-state index >= 15 is 0 Å². The molecule has 2 aliphatic rings. The molecule has 2 heterocycles. The van der Waals surface area contributed by atoms with E-state index in [0.29, 0.717) is 0 Å². The van der Waals surface area contributed by atoms with Gasteiger partial charge < -0.3 is 4.74 Å². The quantitative estimate of drug-likeness (QED) is 0.576. The monoisotopic (exact) mass is 244 g/mol. The maximum absolute atomic E-state index is 5.50. The molecule has 0 radical (unpaired) electrons. The minimum absolute atomic E-state index is 0.781. The number of hydrogen-bond donors (Lipinski definition) is 1. The van der Waals surface area contributed by atoms with E-state index in [2.05, 4.69) is 29.5 Å². The zero-order valence-electron chi connectivity index (χ0n) is 10.3. The number of thiol groups is 1. The standard InChI is InChI=1S/C12H24N2OS/c1-13-11-2-3-12(13)10-14(5-4-11)6-7-15-8-9-16/h11-12,16H,2-10H2,1H3. The topological polar surface area (TPSA) is 15.7 Å². The van der Waals surface area contributed by atoms with Crippen molar-refractivity contribution in [1.29, 1.82) is 0 Å². The van der Waals surface area contributed by atoms with Crippen molar-refractivity contribution in [3.05, 3.63) is 0 Å². The van der Waals surface area contributed by atoms with E-state index < -0.39 is 0 Å². The van der Waals surface area contributed by atoms with Crippen molar-refractivity contribution >= 4 is 12.6 Å². The SMILES string of the molecule is CN1C2CCC1CN(CCOCCS)CC2. The highest BCUT2D eigenvalue weighted by Gasteiger charge is 2.34. The Bertz CT molecular complexity index is 215. The van der Waals surface area contributed by atoms with Gasteiger partial charge in [-0.1, -0.05) is 0 Å².